The molecular formula is C18H27N3O2. The largest absolute Gasteiger partial charge is 0.355 e. The molecule has 2 rings (SSSR count). The molecule has 23 heavy (non-hydrogen) atoms. The summed E-state index contributed by atoms with van der Waals surface area (Å²) in [5.74, 6) is 0.207. The number of hydrogen-bond acceptors (Lipinski definition) is 3. The van der Waals surface area contributed by atoms with Crippen LogP contribution in [-0.4, -0.2) is 60.9 Å². The second kappa shape index (κ2) is 7.59. The molecule has 0 spiro atoms. The van der Waals surface area contributed by atoms with Gasteiger partial charge in [0.2, 0.25) is 11.8 Å². The molecule has 5 heteroatoms. The summed E-state index contributed by atoms with van der Waals surface area (Å²) in [5.41, 5.74) is 0.512. The van der Waals surface area contributed by atoms with Gasteiger partial charge in [0.25, 0.3) is 0 Å². The van der Waals surface area contributed by atoms with Crippen LogP contribution in [0, 0.1) is 0 Å². The molecule has 1 aromatic rings. The zero-order valence-corrected chi connectivity index (χ0v) is 14.3. The molecule has 1 aliphatic heterocycles. The van der Waals surface area contributed by atoms with Crippen LogP contribution < -0.4 is 5.32 Å². The van der Waals surface area contributed by atoms with Crippen LogP contribution in [0.1, 0.15) is 26.3 Å². The Bertz CT molecular complexity index is 534. The number of hydrogen-bond donors (Lipinski definition) is 1. The van der Waals surface area contributed by atoms with E-state index < -0.39 is 5.41 Å². The van der Waals surface area contributed by atoms with Crippen LogP contribution in [0.15, 0.2) is 30.3 Å². The number of likely N-dealkylation sites (N-methyl/N-ethyl adjacent to an activating group) is 1. The maximum Gasteiger partial charge on any atom is 0.234 e. The van der Waals surface area contributed by atoms with E-state index in [2.05, 4.69) is 10.2 Å². The highest BCUT2D eigenvalue weighted by Gasteiger charge is 2.35. The predicted octanol–water partition coefficient (Wildman–Crippen LogP) is 1.24. The lowest BCUT2D eigenvalue weighted by atomic mass is 9.83. The maximum atomic E-state index is 12.9. The Hall–Kier alpha value is -1.88. The van der Waals surface area contributed by atoms with Gasteiger partial charge in [0.05, 0.1) is 12.0 Å². The Morgan fingerprint density at radius 1 is 1.09 bits per heavy atom. The van der Waals surface area contributed by atoms with Gasteiger partial charge in [-0.15, -0.1) is 0 Å². The number of nitrogens with one attached hydrogen (secondary N) is 1. The summed E-state index contributed by atoms with van der Waals surface area (Å²) < 4.78 is 0. The van der Waals surface area contributed by atoms with E-state index in [4.69, 9.17) is 0 Å². The molecule has 1 aliphatic rings. The summed E-state index contributed by atoms with van der Waals surface area (Å²) in [7, 11) is 0. The third kappa shape index (κ3) is 4.32. The molecule has 0 aromatic heterocycles. The smallest absolute Gasteiger partial charge is 0.234 e. The molecule has 1 heterocycles. The number of carbonyl (C=O) groups is 2. The van der Waals surface area contributed by atoms with E-state index in [0.29, 0.717) is 26.2 Å². The van der Waals surface area contributed by atoms with Crippen molar-refractivity contribution < 1.29 is 9.59 Å². The first-order valence-electron chi connectivity index (χ1n) is 8.29. The minimum Gasteiger partial charge on any atom is -0.355 e. The second-order valence-corrected chi connectivity index (χ2v) is 6.51. The number of nitrogens with zero attached hydrogens (tertiary/aromatic N) is 2. The van der Waals surface area contributed by atoms with Gasteiger partial charge in [0.15, 0.2) is 0 Å². The first-order valence-corrected chi connectivity index (χ1v) is 8.29. The summed E-state index contributed by atoms with van der Waals surface area (Å²) in [4.78, 5) is 28.5. The van der Waals surface area contributed by atoms with Crippen molar-refractivity contribution in [2.24, 2.45) is 0 Å². The van der Waals surface area contributed by atoms with E-state index in [9.17, 15) is 9.59 Å². The predicted molar refractivity (Wildman–Crippen MR) is 91.2 cm³/mol. The molecule has 2 amide bonds. The van der Waals surface area contributed by atoms with Crippen LogP contribution in [-0.2, 0) is 15.0 Å². The Morgan fingerprint density at radius 3 is 2.26 bits per heavy atom. The summed E-state index contributed by atoms with van der Waals surface area (Å²) in [6.45, 7) is 9.78. The zero-order valence-electron chi connectivity index (χ0n) is 14.3. The van der Waals surface area contributed by atoms with Gasteiger partial charge in [-0.1, -0.05) is 30.3 Å². The number of carbonyl (C=O) groups excluding carboxylic acids is 2. The molecule has 0 unspecified atom stereocenters. The third-order valence-electron chi connectivity index (χ3n) is 4.43. The number of benzene rings is 1. The summed E-state index contributed by atoms with van der Waals surface area (Å²) in [6.07, 6.45) is 0. The van der Waals surface area contributed by atoms with Gasteiger partial charge < -0.3 is 10.2 Å². The molecule has 126 valence electrons. The van der Waals surface area contributed by atoms with Crippen LogP contribution in [0.4, 0.5) is 0 Å². The third-order valence-corrected chi connectivity index (χ3v) is 4.43. The molecule has 0 saturated carbocycles. The van der Waals surface area contributed by atoms with Crippen molar-refractivity contribution in [1.82, 2.24) is 15.1 Å². The van der Waals surface area contributed by atoms with Gasteiger partial charge in [-0.2, -0.15) is 0 Å². The van der Waals surface area contributed by atoms with Gasteiger partial charge in [-0.05, 0) is 26.3 Å². The quantitative estimate of drug-likeness (QED) is 0.889. The molecule has 1 fully saturated rings. The Balaban J connectivity index is 1.92. The van der Waals surface area contributed by atoms with Crippen molar-refractivity contribution in [3.8, 4) is 0 Å². The molecule has 1 saturated heterocycles. The van der Waals surface area contributed by atoms with Crippen LogP contribution >= 0.6 is 0 Å². The van der Waals surface area contributed by atoms with E-state index in [-0.39, 0.29) is 11.8 Å². The molecule has 0 radical (unpaired) electrons. The van der Waals surface area contributed by atoms with Crippen LogP contribution in [0.2, 0.25) is 0 Å². The Kier molecular flexibility index (Phi) is 5.77. The van der Waals surface area contributed by atoms with E-state index >= 15 is 0 Å². The van der Waals surface area contributed by atoms with E-state index in [1.165, 1.54) is 0 Å². The van der Waals surface area contributed by atoms with Crippen LogP contribution in [0.5, 0.6) is 0 Å². The summed E-state index contributed by atoms with van der Waals surface area (Å²) in [6, 6.07) is 9.90. The SMILES string of the molecule is CCNC(=O)CN1CCN(C(=O)C(C)(C)c2ccccc2)CC1. The Morgan fingerprint density at radius 2 is 1.70 bits per heavy atom. The molecule has 0 bridgehead atoms. The number of piperazine rings is 1. The van der Waals surface area contributed by atoms with Crippen LogP contribution in [0.25, 0.3) is 0 Å². The average molecular weight is 317 g/mol. The van der Waals surface area contributed by atoms with Crippen molar-refractivity contribution in [1.29, 1.82) is 0 Å². The van der Waals surface area contributed by atoms with Gasteiger partial charge >= 0.3 is 0 Å². The highest BCUT2D eigenvalue weighted by atomic mass is 16.2. The van der Waals surface area contributed by atoms with Gasteiger partial charge in [0.1, 0.15) is 0 Å². The lowest BCUT2D eigenvalue weighted by molar-refractivity contribution is -0.138. The zero-order chi connectivity index (χ0) is 16.9. The van der Waals surface area contributed by atoms with Gasteiger partial charge in [0, 0.05) is 32.7 Å². The summed E-state index contributed by atoms with van der Waals surface area (Å²) in [5, 5.41) is 2.81. The fourth-order valence-electron chi connectivity index (χ4n) is 2.94. The minimum atomic E-state index is -0.525. The first-order chi connectivity index (χ1) is 10.9. The highest BCUT2D eigenvalue weighted by molar-refractivity contribution is 5.87. The van der Waals surface area contributed by atoms with Gasteiger partial charge in [-0.25, -0.2) is 0 Å². The topological polar surface area (TPSA) is 52.7 Å². The van der Waals surface area contributed by atoms with Crippen molar-refractivity contribution in [2.75, 3.05) is 39.3 Å². The second-order valence-electron chi connectivity index (χ2n) is 6.51. The monoisotopic (exact) mass is 317 g/mol. The van der Waals surface area contributed by atoms with Gasteiger partial charge in [-0.3, -0.25) is 14.5 Å². The highest BCUT2D eigenvalue weighted by Crippen LogP contribution is 2.26. The molecule has 1 aromatic carbocycles. The first kappa shape index (κ1) is 17.5. The minimum absolute atomic E-state index is 0.0527. The number of rotatable bonds is 5. The molecule has 5 nitrogen and oxygen atoms in total. The molecule has 0 aliphatic carbocycles. The molecule has 1 N–H and O–H groups in total. The van der Waals surface area contributed by atoms with Crippen molar-refractivity contribution >= 4 is 11.8 Å². The lowest BCUT2D eigenvalue weighted by Gasteiger charge is -2.38. The normalized spacial score (nSPS) is 16.2. The van der Waals surface area contributed by atoms with Crippen molar-refractivity contribution in [3.63, 3.8) is 0 Å². The van der Waals surface area contributed by atoms with E-state index in [1.54, 1.807) is 0 Å². The average Bonchev–Trinajstić information content (AvgIpc) is 2.56. The van der Waals surface area contributed by atoms with E-state index in [0.717, 1.165) is 18.7 Å². The number of amides is 2. The fraction of sp³-hybridized carbons (Fsp3) is 0.556. The fourth-order valence-corrected chi connectivity index (χ4v) is 2.94. The van der Waals surface area contributed by atoms with Crippen molar-refractivity contribution in [2.45, 2.75) is 26.2 Å². The summed E-state index contributed by atoms with van der Waals surface area (Å²) >= 11 is 0. The lowest BCUT2D eigenvalue weighted by Crippen LogP contribution is -2.54. The van der Waals surface area contributed by atoms with E-state index in [1.807, 2.05) is 56.0 Å². The maximum absolute atomic E-state index is 12.9. The van der Waals surface area contributed by atoms with Crippen molar-refractivity contribution in [3.05, 3.63) is 35.9 Å². The standard InChI is InChI=1S/C18H27N3O2/c1-4-19-16(22)14-20-10-12-21(13-11-20)17(23)18(2,3)15-8-6-5-7-9-15/h5-9H,4,10-14H2,1-3H3,(H,19,22). The van der Waals surface area contributed by atoms with Crippen LogP contribution in [0.3, 0.4) is 0 Å². The Labute approximate surface area is 138 Å². The molecule has 0 atom stereocenters. The molecular weight excluding hydrogens is 290 g/mol.